The fraction of sp³-hybridized carbons (Fsp3) is 0.316. The zero-order valence-electron chi connectivity index (χ0n) is 14.0. The van der Waals surface area contributed by atoms with Crippen LogP contribution in [-0.2, 0) is 4.79 Å². The Balaban J connectivity index is 1.46. The molecule has 0 spiro atoms. The van der Waals surface area contributed by atoms with Crippen LogP contribution in [-0.4, -0.2) is 41.3 Å². The largest absolute Gasteiger partial charge is 0.352 e. The van der Waals surface area contributed by atoms with Crippen molar-refractivity contribution in [3.8, 4) is 0 Å². The van der Waals surface area contributed by atoms with Gasteiger partial charge in [0, 0.05) is 42.7 Å². The maximum Gasteiger partial charge on any atom is 0.251 e. The van der Waals surface area contributed by atoms with Gasteiger partial charge in [-0.1, -0.05) is 17.8 Å². The van der Waals surface area contributed by atoms with Crippen LogP contribution in [0, 0.1) is 0 Å². The van der Waals surface area contributed by atoms with Crippen LogP contribution in [0.25, 0.3) is 0 Å². The third-order valence-corrected chi connectivity index (χ3v) is 5.02. The van der Waals surface area contributed by atoms with Crippen molar-refractivity contribution >= 4 is 23.6 Å². The third-order valence-electron chi connectivity index (χ3n) is 4.06. The lowest BCUT2D eigenvalue weighted by Crippen LogP contribution is -2.32. The van der Waals surface area contributed by atoms with E-state index in [1.165, 1.54) is 0 Å². The highest BCUT2D eigenvalue weighted by Crippen LogP contribution is 2.25. The molecule has 1 N–H and O–H groups in total. The first-order valence-electron chi connectivity index (χ1n) is 8.47. The Kier molecular flexibility index (Phi) is 6.06. The summed E-state index contributed by atoms with van der Waals surface area (Å²) >= 11 is 1.55. The minimum atomic E-state index is -0.149. The van der Waals surface area contributed by atoms with Crippen LogP contribution in [0.5, 0.6) is 0 Å². The zero-order chi connectivity index (χ0) is 17.5. The molecule has 0 bridgehead atoms. The standard InChI is InChI=1S/C19H21N3O2S/c23-18(22-13-3-4-14-22)10-12-21-19(24)15-6-8-16(9-7-15)25-17-5-1-2-11-20-17/h1-2,5-9,11H,3-4,10,12-14H2,(H,21,24). The fourth-order valence-electron chi connectivity index (χ4n) is 2.71. The number of rotatable bonds is 6. The van der Waals surface area contributed by atoms with E-state index in [1.807, 2.05) is 35.2 Å². The van der Waals surface area contributed by atoms with Gasteiger partial charge < -0.3 is 10.2 Å². The van der Waals surface area contributed by atoms with Crippen molar-refractivity contribution in [2.24, 2.45) is 0 Å². The van der Waals surface area contributed by atoms with Gasteiger partial charge in [0.25, 0.3) is 5.91 Å². The average molecular weight is 355 g/mol. The molecule has 6 heteroatoms. The molecule has 0 radical (unpaired) electrons. The number of hydrogen-bond donors (Lipinski definition) is 1. The fourth-order valence-corrected chi connectivity index (χ4v) is 3.49. The van der Waals surface area contributed by atoms with Gasteiger partial charge in [-0.05, 0) is 49.2 Å². The summed E-state index contributed by atoms with van der Waals surface area (Å²) in [6.45, 7) is 2.07. The Morgan fingerprint density at radius 3 is 2.52 bits per heavy atom. The Hall–Kier alpha value is -2.34. The Bertz CT molecular complexity index is 713. The predicted octanol–water partition coefficient (Wildman–Crippen LogP) is 2.98. The van der Waals surface area contributed by atoms with Crippen molar-refractivity contribution < 1.29 is 9.59 Å². The van der Waals surface area contributed by atoms with Crippen LogP contribution in [0.3, 0.4) is 0 Å². The van der Waals surface area contributed by atoms with Crippen LogP contribution in [0.4, 0.5) is 0 Å². The van der Waals surface area contributed by atoms with Gasteiger partial charge in [0.15, 0.2) is 0 Å². The van der Waals surface area contributed by atoms with Gasteiger partial charge in [-0.25, -0.2) is 4.98 Å². The van der Waals surface area contributed by atoms with Gasteiger partial charge in [-0.3, -0.25) is 9.59 Å². The van der Waals surface area contributed by atoms with Gasteiger partial charge in [-0.2, -0.15) is 0 Å². The molecule has 1 aliphatic rings. The summed E-state index contributed by atoms with van der Waals surface area (Å²) in [5.41, 5.74) is 0.596. The number of carbonyl (C=O) groups excluding carboxylic acids is 2. The van der Waals surface area contributed by atoms with E-state index in [4.69, 9.17) is 0 Å². The number of hydrogen-bond acceptors (Lipinski definition) is 4. The number of pyridine rings is 1. The topological polar surface area (TPSA) is 62.3 Å². The van der Waals surface area contributed by atoms with Gasteiger partial charge in [0.05, 0.1) is 0 Å². The molecule has 1 aromatic heterocycles. The van der Waals surface area contributed by atoms with Gasteiger partial charge >= 0.3 is 0 Å². The molecule has 3 rings (SSSR count). The first-order valence-corrected chi connectivity index (χ1v) is 9.29. The molecule has 2 amide bonds. The molecular formula is C19H21N3O2S. The summed E-state index contributed by atoms with van der Waals surface area (Å²) < 4.78 is 0. The van der Waals surface area contributed by atoms with Crippen molar-refractivity contribution in [3.63, 3.8) is 0 Å². The molecule has 2 heterocycles. The van der Waals surface area contributed by atoms with E-state index in [2.05, 4.69) is 10.3 Å². The normalized spacial score (nSPS) is 13.7. The number of aromatic nitrogens is 1. The summed E-state index contributed by atoms with van der Waals surface area (Å²) in [6, 6.07) is 13.2. The summed E-state index contributed by atoms with van der Waals surface area (Å²) in [5.74, 6) is -0.0245. The average Bonchev–Trinajstić information content (AvgIpc) is 3.18. The quantitative estimate of drug-likeness (QED) is 0.865. The van der Waals surface area contributed by atoms with Gasteiger partial charge in [0.1, 0.15) is 5.03 Å². The monoisotopic (exact) mass is 355 g/mol. The minimum Gasteiger partial charge on any atom is -0.352 e. The third kappa shape index (κ3) is 5.06. The summed E-state index contributed by atoms with van der Waals surface area (Å²) in [4.78, 5) is 31.3. The summed E-state index contributed by atoms with van der Waals surface area (Å²) in [5, 5.41) is 3.73. The number of carbonyl (C=O) groups is 2. The highest BCUT2D eigenvalue weighted by atomic mass is 32.2. The van der Waals surface area contributed by atoms with E-state index in [9.17, 15) is 9.59 Å². The SMILES string of the molecule is O=C(NCCC(=O)N1CCCC1)c1ccc(Sc2ccccn2)cc1. The molecule has 0 aliphatic carbocycles. The Morgan fingerprint density at radius 2 is 1.84 bits per heavy atom. The van der Waals surface area contributed by atoms with E-state index >= 15 is 0 Å². The molecule has 1 fully saturated rings. The van der Waals surface area contributed by atoms with Gasteiger partial charge in [-0.15, -0.1) is 0 Å². The lowest BCUT2D eigenvalue weighted by molar-refractivity contribution is -0.129. The van der Waals surface area contributed by atoms with Crippen molar-refractivity contribution in [3.05, 3.63) is 54.2 Å². The predicted molar refractivity (Wildman–Crippen MR) is 97.6 cm³/mol. The van der Waals surface area contributed by atoms with Crippen molar-refractivity contribution in [2.45, 2.75) is 29.2 Å². The number of amides is 2. The number of nitrogens with zero attached hydrogens (tertiary/aromatic N) is 2. The highest BCUT2D eigenvalue weighted by molar-refractivity contribution is 7.99. The van der Waals surface area contributed by atoms with Crippen molar-refractivity contribution in [2.75, 3.05) is 19.6 Å². The van der Waals surface area contributed by atoms with Gasteiger partial charge in [0.2, 0.25) is 5.91 Å². The first kappa shape index (κ1) is 17.5. The van der Waals surface area contributed by atoms with Crippen molar-refractivity contribution in [1.82, 2.24) is 15.2 Å². The maximum absolute atomic E-state index is 12.2. The molecule has 25 heavy (non-hydrogen) atoms. The zero-order valence-corrected chi connectivity index (χ0v) is 14.8. The number of likely N-dealkylation sites (tertiary alicyclic amines) is 1. The molecule has 1 aliphatic heterocycles. The van der Waals surface area contributed by atoms with Crippen molar-refractivity contribution in [1.29, 1.82) is 0 Å². The Morgan fingerprint density at radius 1 is 1.08 bits per heavy atom. The molecule has 0 saturated carbocycles. The van der Waals surface area contributed by atoms with E-state index < -0.39 is 0 Å². The second-order valence-corrected chi connectivity index (χ2v) is 6.98. The Labute approximate surface area is 151 Å². The molecule has 5 nitrogen and oxygen atoms in total. The maximum atomic E-state index is 12.2. The lowest BCUT2D eigenvalue weighted by Gasteiger charge is -2.15. The van der Waals surface area contributed by atoms with Crippen LogP contribution in [0.1, 0.15) is 29.6 Å². The summed E-state index contributed by atoms with van der Waals surface area (Å²) in [7, 11) is 0. The molecular weight excluding hydrogens is 334 g/mol. The molecule has 1 saturated heterocycles. The van der Waals surface area contributed by atoms with Crippen LogP contribution in [0.2, 0.25) is 0 Å². The van der Waals surface area contributed by atoms with Crippen LogP contribution < -0.4 is 5.32 Å². The minimum absolute atomic E-state index is 0.125. The van der Waals surface area contributed by atoms with Crippen LogP contribution >= 0.6 is 11.8 Å². The highest BCUT2D eigenvalue weighted by Gasteiger charge is 2.17. The second kappa shape index (κ2) is 8.67. The molecule has 0 unspecified atom stereocenters. The van der Waals surface area contributed by atoms with E-state index in [0.29, 0.717) is 18.5 Å². The van der Waals surface area contributed by atoms with E-state index in [0.717, 1.165) is 35.9 Å². The van der Waals surface area contributed by atoms with Crippen LogP contribution in [0.15, 0.2) is 58.6 Å². The lowest BCUT2D eigenvalue weighted by atomic mass is 10.2. The molecule has 1 aromatic carbocycles. The number of benzene rings is 1. The molecule has 2 aromatic rings. The van der Waals surface area contributed by atoms with E-state index in [1.54, 1.807) is 30.1 Å². The second-order valence-electron chi connectivity index (χ2n) is 5.89. The number of nitrogens with one attached hydrogen (secondary N) is 1. The molecule has 0 atom stereocenters. The summed E-state index contributed by atoms with van der Waals surface area (Å²) in [6.07, 6.45) is 4.29. The smallest absolute Gasteiger partial charge is 0.251 e. The first-order chi connectivity index (χ1) is 12.2. The van der Waals surface area contributed by atoms with E-state index in [-0.39, 0.29) is 11.8 Å². The molecule has 130 valence electrons.